The molecule has 4 nitrogen and oxygen atoms in total. The number of hydrazine groups is 1. The molecule has 1 aliphatic rings. The largest absolute Gasteiger partial charge is 0.433 e. The Kier molecular flexibility index (Phi) is 2.26. The van der Waals surface area contributed by atoms with E-state index in [-0.39, 0.29) is 11.5 Å². The Morgan fingerprint density at radius 2 is 1.93 bits per heavy atom. The first-order chi connectivity index (χ1) is 7.02. The van der Waals surface area contributed by atoms with Crippen LogP contribution >= 0.6 is 0 Å². The van der Waals surface area contributed by atoms with Gasteiger partial charge in [0, 0.05) is 11.3 Å². The van der Waals surface area contributed by atoms with Gasteiger partial charge in [0.25, 0.3) is 0 Å². The Hall–Kier alpha value is -1.37. The highest BCUT2D eigenvalue weighted by Crippen LogP contribution is 2.35. The lowest BCUT2D eigenvalue weighted by atomic mass is 10.2. The minimum atomic E-state index is -4.44. The van der Waals surface area contributed by atoms with E-state index in [1.165, 1.54) is 0 Å². The van der Waals surface area contributed by atoms with Gasteiger partial charge in [0.1, 0.15) is 0 Å². The second-order valence-electron chi connectivity index (χ2n) is 3.32. The molecule has 82 valence electrons. The Bertz CT molecular complexity index is 388. The van der Waals surface area contributed by atoms with Crippen LogP contribution in [0.4, 0.5) is 19.1 Å². The van der Waals surface area contributed by atoms with Gasteiger partial charge in [-0.15, -0.1) is 0 Å². The summed E-state index contributed by atoms with van der Waals surface area (Å²) >= 11 is 0. The summed E-state index contributed by atoms with van der Waals surface area (Å²) < 4.78 is 37.8. The Balaban J connectivity index is 2.57. The number of halogens is 3. The van der Waals surface area contributed by atoms with Crippen LogP contribution in [0, 0.1) is 0 Å². The summed E-state index contributed by atoms with van der Waals surface area (Å²) in [5.41, 5.74) is 1.84. The lowest BCUT2D eigenvalue weighted by Crippen LogP contribution is -2.18. The lowest BCUT2D eigenvalue weighted by molar-refractivity contribution is -0.141. The van der Waals surface area contributed by atoms with Crippen molar-refractivity contribution in [3.8, 4) is 0 Å². The minimum Gasteiger partial charge on any atom is -0.292 e. The number of nitrogens with zero attached hydrogens (tertiary/aromatic N) is 2. The molecule has 1 aromatic heterocycles. The smallest absolute Gasteiger partial charge is 0.292 e. The molecule has 0 aromatic carbocycles. The van der Waals surface area contributed by atoms with E-state index >= 15 is 0 Å². The summed E-state index contributed by atoms with van der Waals surface area (Å²) in [6.45, 7) is 0. The third-order valence-corrected chi connectivity index (χ3v) is 2.33. The molecule has 0 amide bonds. The van der Waals surface area contributed by atoms with E-state index in [2.05, 4.69) is 9.97 Å². The molecular weight excluding hydrogens is 209 g/mol. The number of aromatic nitrogens is 2. The molecule has 0 aliphatic heterocycles. The van der Waals surface area contributed by atoms with Gasteiger partial charge in [-0.1, -0.05) is 0 Å². The van der Waals surface area contributed by atoms with E-state index in [1.807, 2.05) is 5.43 Å². The molecule has 3 N–H and O–H groups in total. The van der Waals surface area contributed by atoms with Gasteiger partial charge in [0.2, 0.25) is 5.95 Å². The van der Waals surface area contributed by atoms with Crippen molar-refractivity contribution in [2.45, 2.75) is 25.4 Å². The van der Waals surface area contributed by atoms with Crippen molar-refractivity contribution in [2.24, 2.45) is 5.84 Å². The van der Waals surface area contributed by atoms with Crippen molar-refractivity contribution >= 4 is 5.95 Å². The molecule has 0 bridgehead atoms. The predicted molar refractivity (Wildman–Crippen MR) is 46.9 cm³/mol. The number of hydrogen-bond acceptors (Lipinski definition) is 4. The standard InChI is InChI=1S/C8H9F3N4/c9-8(10,11)6-4-2-1-3-5(4)13-7(14-6)15-12/h1-3,12H2,(H,13,14,15). The van der Waals surface area contributed by atoms with Crippen LogP contribution in [0.2, 0.25) is 0 Å². The van der Waals surface area contributed by atoms with Gasteiger partial charge in [-0.3, -0.25) is 5.43 Å². The van der Waals surface area contributed by atoms with E-state index in [0.717, 1.165) is 0 Å². The van der Waals surface area contributed by atoms with Gasteiger partial charge in [0.05, 0.1) is 0 Å². The molecule has 1 aliphatic carbocycles. The number of nitrogen functional groups attached to an aromatic ring is 1. The highest BCUT2D eigenvalue weighted by molar-refractivity contribution is 5.37. The van der Waals surface area contributed by atoms with Crippen LogP contribution in [-0.2, 0) is 19.0 Å². The third-order valence-electron chi connectivity index (χ3n) is 2.33. The molecule has 0 radical (unpaired) electrons. The van der Waals surface area contributed by atoms with Crippen molar-refractivity contribution in [1.82, 2.24) is 9.97 Å². The van der Waals surface area contributed by atoms with Gasteiger partial charge in [-0.25, -0.2) is 15.8 Å². The van der Waals surface area contributed by atoms with Crippen LogP contribution in [-0.4, -0.2) is 9.97 Å². The summed E-state index contributed by atoms with van der Waals surface area (Å²) in [5.74, 6) is 4.84. The van der Waals surface area contributed by atoms with Gasteiger partial charge in [-0.2, -0.15) is 13.2 Å². The fourth-order valence-corrected chi connectivity index (χ4v) is 1.73. The Morgan fingerprint density at radius 1 is 1.20 bits per heavy atom. The van der Waals surface area contributed by atoms with Gasteiger partial charge in [0.15, 0.2) is 5.69 Å². The van der Waals surface area contributed by atoms with E-state index in [4.69, 9.17) is 5.84 Å². The number of rotatable bonds is 1. The molecule has 7 heteroatoms. The highest BCUT2D eigenvalue weighted by Gasteiger charge is 2.38. The van der Waals surface area contributed by atoms with Crippen molar-refractivity contribution < 1.29 is 13.2 Å². The number of fused-ring (bicyclic) bond motifs is 1. The van der Waals surface area contributed by atoms with Gasteiger partial charge in [-0.05, 0) is 19.3 Å². The Morgan fingerprint density at radius 3 is 2.53 bits per heavy atom. The summed E-state index contributed by atoms with van der Waals surface area (Å²) in [5, 5.41) is 0. The normalized spacial score (nSPS) is 15.2. The zero-order chi connectivity index (χ0) is 11.1. The number of hydrogen-bond donors (Lipinski definition) is 2. The monoisotopic (exact) mass is 218 g/mol. The molecule has 0 spiro atoms. The van der Waals surface area contributed by atoms with Crippen molar-refractivity contribution in [3.63, 3.8) is 0 Å². The maximum atomic E-state index is 12.6. The molecule has 15 heavy (non-hydrogen) atoms. The first kappa shape index (κ1) is 10.2. The predicted octanol–water partition coefficient (Wildman–Crippen LogP) is 1.27. The minimum absolute atomic E-state index is 0.178. The molecule has 0 saturated carbocycles. The maximum Gasteiger partial charge on any atom is 0.433 e. The average Bonchev–Trinajstić information content (AvgIpc) is 2.61. The second-order valence-corrected chi connectivity index (χ2v) is 3.32. The number of anilines is 1. The summed E-state index contributed by atoms with van der Waals surface area (Å²) in [7, 11) is 0. The summed E-state index contributed by atoms with van der Waals surface area (Å²) in [4.78, 5) is 7.26. The van der Waals surface area contributed by atoms with Crippen LogP contribution in [0.5, 0.6) is 0 Å². The SMILES string of the molecule is NNc1nc2c(c(C(F)(F)F)n1)CCC2. The van der Waals surface area contributed by atoms with Crippen LogP contribution < -0.4 is 11.3 Å². The van der Waals surface area contributed by atoms with E-state index in [9.17, 15) is 13.2 Å². The molecular formula is C8H9F3N4. The first-order valence-corrected chi connectivity index (χ1v) is 4.46. The number of nitrogens with two attached hydrogens (primary N) is 1. The van der Waals surface area contributed by atoms with Crippen molar-refractivity contribution in [2.75, 3.05) is 5.43 Å². The van der Waals surface area contributed by atoms with Gasteiger partial charge >= 0.3 is 6.18 Å². The van der Waals surface area contributed by atoms with Gasteiger partial charge < -0.3 is 0 Å². The lowest BCUT2D eigenvalue weighted by Gasteiger charge is -2.11. The molecule has 2 rings (SSSR count). The topological polar surface area (TPSA) is 63.8 Å². The second kappa shape index (κ2) is 3.34. The van der Waals surface area contributed by atoms with Crippen LogP contribution in [0.15, 0.2) is 0 Å². The van der Waals surface area contributed by atoms with Crippen LogP contribution in [0.3, 0.4) is 0 Å². The van der Waals surface area contributed by atoms with Crippen LogP contribution in [0.25, 0.3) is 0 Å². The van der Waals surface area contributed by atoms with E-state index < -0.39 is 11.9 Å². The quantitative estimate of drug-likeness (QED) is 0.550. The molecule has 0 atom stereocenters. The number of nitrogens with one attached hydrogen (secondary N) is 1. The molecule has 0 fully saturated rings. The number of aryl methyl sites for hydroxylation is 1. The maximum absolute atomic E-state index is 12.6. The Labute approximate surface area is 83.7 Å². The third kappa shape index (κ3) is 1.74. The molecule has 1 aromatic rings. The molecule has 1 heterocycles. The zero-order valence-corrected chi connectivity index (χ0v) is 7.73. The highest BCUT2D eigenvalue weighted by atomic mass is 19.4. The number of alkyl halides is 3. The fourth-order valence-electron chi connectivity index (χ4n) is 1.73. The average molecular weight is 218 g/mol. The molecule has 0 saturated heterocycles. The fraction of sp³-hybridized carbons (Fsp3) is 0.500. The summed E-state index contributed by atoms with van der Waals surface area (Å²) in [6.07, 6.45) is -2.82. The van der Waals surface area contributed by atoms with Crippen molar-refractivity contribution in [3.05, 3.63) is 17.0 Å². The van der Waals surface area contributed by atoms with Crippen molar-refractivity contribution in [1.29, 1.82) is 0 Å². The zero-order valence-electron chi connectivity index (χ0n) is 7.73. The van der Waals surface area contributed by atoms with E-state index in [0.29, 0.717) is 25.0 Å². The van der Waals surface area contributed by atoms with Crippen LogP contribution in [0.1, 0.15) is 23.4 Å². The summed E-state index contributed by atoms with van der Waals surface area (Å²) in [6, 6.07) is 0. The molecule has 0 unspecified atom stereocenters. The van der Waals surface area contributed by atoms with E-state index in [1.54, 1.807) is 0 Å². The first-order valence-electron chi connectivity index (χ1n) is 4.46.